The minimum atomic E-state index is -0.438. The molecule has 0 aliphatic carbocycles. The van der Waals surface area contributed by atoms with E-state index in [9.17, 15) is 10.1 Å². The van der Waals surface area contributed by atoms with E-state index in [0.29, 0.717) is 18.0 Å². The summed E-state index contributed by atoms with van der Waals surface area (Å²) in [6.07, 6.45) is 3.35. The van der Waals surface area contributed by atoms with Gasteiger partial charge in [-0.1, -0.05) is 6.92 Å². The van der Waals surface area contributed by atoms with Crippen LogP contribution in [0.4, 0.5) is 5.69 Å². The second kappa shape index (κ2) is 6.81. The van der Waals surface area contributed by atoms with Crippen molar-refractivity contribution in [2.24, 2.45) is 0 Å². The van der Waals surface area contributed by atoms with Gasteiger partial charge >= 0.3 is 0 Å². The highest BCUT2D eigenvalue weighted by Crippen LogP contribution is 2.28. The molecule has 0 spiro atoms. The van der Waals surface area contributed by atoms with Crippen molar-refractivity contribution in [2.45, 2.75) is 20.4 Å². The van der Waals surface area contributed by atoms with Gasteiger partial charge in [0.15, 0.2) is 0 Å². The second-order valence-corrected chi connectivity index (χ2v) is 4.62. The zero-order valence-electron chi connectivity index (χ0n) is 12.0. The van der Waals surface area contributed by atoms with Crippen molar-refractivity contribution in [3.05, 3.63) is 57.9 Å². The second-order valence-electron chi connectivity index (χ2n) is 4.62. The molecule has 0 saturated heterocycles. The van der Waals surface area contributed by atoms with E-state index in [-0.39, 0.29) is 5.69 Å². The SMILES string of the molecule is CCNCc1cncc(Oc2cc([N+](=O)[O-])ccc2C)c1. The molecule has 0 radical (unpaired) electrons. The molecule has 110 valence electrons. The van der Waals surface area contributed by atoms with Gasteiger partial charge in [-0.25, -0.2) is 0 Å². The number of pyridine rings is 1. The van der Waals surface area contributed by atoms with Gasteiger partial charge in [0.1, 0.15) is 11.5 Å². The number of non-ortho nitro benzene ring substituents is 1. The summed E-state index contributed by atoms with van der Waals surface area (Å²) in [6.45, 7) is 5.44. The predicted octanol–water partition coefficient (Wildman–Crippen LogP) is 3.20. The van der Waals surface area contributed by atoms with Crippen LogP contribution in [-0.2, 0) is 6.54 Å². The van der Waals surface area contributed by atoms with Crippen LogP contribution in [0.15, 0.2) is 36.7 Å². The number of nitro groups is 1. The van der Waals surface area contributed by atoms with Crippen LogP contribution in [0.2, 0.25) is 0 Å². The van der Waals surface area contributed by atoms with E-state index in [4.69, 9.17) is 4.74 Å². The molecule has 0 amide bonds. The Morgan fingerprint density at radius 2 is 2.14 bits per heavy atom. The van der Waals surface area contributed by atoms with Gasteiger partial charge in [-0.05, 0) is 36.7 Å². The predicted molar refractivity (Wildman–Crippen MR) is 79.5 cm³/mol. The van der Waals surface area contributed by atoms with E-state index >= 15 is 0 Å². The number of hydrogen-bond donors (Lipinski definition) is 1. The maximum atomic E-state index is 10.8. The fraction of sp³-hybridized carbons (Fsp3) is 0.267. The van der Waals surface area contributed by atoms with Crippen molar-refractivity contribution in [1.82, 2.24) is 10.3 Å². The number of nitrogens with one attached hydrogen (secondary N) is 1. The number of aryl methyl sites for hydroxylation is 1. The maximum absolute atomic E-state index is 10.8. The summed E-state index contributed by atoms with van der Waals surface area (Å²) in [5.41, 5.74) is 1.84. The molecule has 0 saturated carbocycles. The van der Waals surface area contributed by atoms with Gasteiger partial charge in [-0.15, -0.1) is 0 Å². The van der Waals surface area contributed by atoms with Crippen molar-refractivity contribution >= 4 is 5.69 Å². The molecule has 0 unspecified atom stereocenters. The molecular formula is C15H17N3O3. The number of nitrogens with zero attached hydrogens (tertiary/aromatic N) is 2. The number of benzene rings is 1. The molecule has 2 rings (SSSR count). The fourth-order valence-electron chi connectivity index (χ4n) is 1.82. The summed E-state index contributed by atoms with van der Waals surface area (Å²) < 4.78 is 5.73. The lowest BCUT2D eigenvalue weighted by Gasteiger charge is -2.09. The van der Waals surface area contributed by atoms with Gasteiger partial charge in [-0.3, -0.25) is 15.1 Å². The highest BCUT2D eigenvalue weighted by Gasteiger charge is 2.10. The molecule has 2 aromatic rings. The number of hydrogen-bond acceptors (Lipinski definition) is 5. The largest absolute Gasteiger partial charge is 0.455 e. The summed E-state index contributed by atoms with van der Waals surface area (Å²) in [6, 6.07) is 6.42. The molecule has 0 atom stereocenters. The molecule has 0 aliphatic heterocycles. The molecule has 1 aromatic carbocycles. The average Bonchev–Trinajstić information content (AvgIpc) is 2.47. The molecule has 1 aromatic heterocycles. The van der Waals surface area contributed by atoms with Crippen LogP contribution in [0.3, 0.4) is 0 Å². The van der Waals surface area contributed by atoms with Gasteiger partial charge in [0.2, 0.25) is 0 Å². The Morgan fingerprint density at radius 3 is 2.86 bits per heavy atom. The molecule has 6 nitrogen and oxygen atoms in total. The lowest BCUT2D eigenvalue weighted by Crippen LogP contribution is -2.11. The first-order valence-electron chi connectivity index (χ1n) is 6.67. The van der Waals surface area contributed by atoms with Crippen molar-refractivity contribution in [1.29, 1.82) is 0 Å². The van der Waals surface area contributed by atoms with E-state index in [1.807, 2.05) is 19.9 Å². The molecule has 1 heterocycles. The Kier molecular flexibility index (Phi) is 4.84. The van der Waals surface area contributed by atoms with Crippen LogP contribution in [0.1, 0.15) is 18.1 Å². The Labute approximate surface area is 122 Å². The zero-order valence-corrected chi connectivity index (χ0v) is 12.0. The normalized spacial score (nSPS) is 10.4. The van der Waals surface area contributed by atoms with E-state index in [1.54, 1.807) is 18.5 Å². The van der Waals surface area contributed by atoms with Crippen LogP contribution in [0, 0.1) is 17.0 Å². The monoisotopic (exact) mass is 287 g/mol. The quantitative estimate of drug-likeness (QED) is 0.652. The number of rotatable bonds is 6. The zero-order chi connectivity index (χ0) is 15.2. The van der Waals surface area contributed by atoms with Crippen molar-refractivity contribution in [2.75, 3.05) is 6.54 Å². The fourth-order valence-corrected chi connectivity index (χ4v) is 1.82. The average molecular weight is 287 g/mol. The third-order valence-electron chi connectivity index (χ3n) is 2.96. The van der Waals surface area contributed by atoms with Crippen LogP contribution in [-0.4, -0.2) is 16.5 Å². The van der Waals surface area contributed by atoms with Crippen LogP contribution < -0.4 is 10.1 Å². The summed E-state index contributed by atoms with van der Waals surface area (Å²) in [5.74, 6) is 1.03. The number of aromatic nitrogens is 1. The summed E-state index contributed by atoms with van der Waals surface area (Å²) in [7, 11) is 0. The van der Waals surface area contributed by atoms with Crippen LogP contribution >= 0.6 is 0 Å². The Bertz CT molecular complexity index is 644. The van der Waals surface area contributed by atoms with Crippen molar-refractivity contribution in [3.8, 4) is 11.5 Å². The molecular weight excluding hydrogens is 270 g/mol. The standard InChI is InChI=1S/C15H17N3O3/c1-3-16-8-12-6-14(10-17-9-12)21-15-7-13(18(19)20)5-4-11(15)2/h4-7,9-10,16H,3,8H2,1-2H3. The van der Waals surface area contributed by atoms with Crippen molar-refractivity contribution < 1.29 is 9.66 Å². The van der Waals surface area contributed by atoms with Gasteiger partial charge in [0, 0.05) is 18.8 Å². The van der Waals surface area contributed by atoms with E-state index in [0.717, 1.165) is 17.7 Å². The van der Waals surface area contributed by atoms with E-state index in [1.165, 1.54) is 12.1 Å². The summed E-state index contributed by atoms with van der Waals surface area (Å²) in [4.78, 5) is 14.5. The molecule has 1 N–H and O–H groups in total. The van der Waals surface area contributed by atoms with Crippen LogP contribution in [0.5, 0.6) is 11.5 Å². The number of ether oxygens (including phenoxy) is 1. The minimum absolute atomic E-state index is 0.00682. The van der Waals surface area contributed by atoms with Gasteiger partial charge in [0.25, 0.3) is 5.69 Å². The highest BCUT2D eigenvalue weighted by atomic mass is 16.6. The first-order chi connectivity index (χ1) is 10.1. The third-order valence-corrected chi connectivity index (χ3v) is 2.96. The Morgan fingerprint density at radius 1 is 1.33 bits per heavy atom. The lowest BCUT2D eigenvalue weighted by atomic mass is 10.2. The summed E-state index contributed by atoms with van der Waals surface area (Å²) >= 11 is 0. The Balaban J connectivity index is 2.21. The van der Waals surface area contributed by atoms with Crippen molar-refractivity contribution in [3.63, 3.8) is 0 Å². The molecule has 0 bridgehead atoms. The van der Waals surface area contributed by atoms with E-state index < -0.39 is 4.92 Å². The highest BCUT2D eigenvalue weighted by molar-refractivity contribution is 5.45. The van der Waals surface area contributed by atoms with E-state index in [2.05, 4.69) is 10.3 Å². The third kappa shape index (κ3) is 4.00. The first-order valence-corrected chi connectivity index (χ1v) is 6.67. The van der Waals surface area contributed by atoms with Gasteiger partial charge < -0.3 is 10.1 Å². The molecule has 0 aliphatic rings. The lowest BCUT2D eigenvalue weighted by molar-refractivity contribution is -0.384. The van der Waals surface area contributed by atoms with Crippen LogP contribution in [0.25, 0.3) is 0 Å². The van der Waals surface area contributed by atoms with Gasteiger partial charge in [0.05, 0.1) is 17.2 Å². The molecule has 0 fully saturated rings. The number of nitro benzene ring substituents is 1. The summed E-state index contributed by atoms with van der Waals surface area (Å²) in [5, 5.41) is 14.0. The Hall–Kier alpha value is -2.47. The topological polar surface area (TPSA) is 77.3 Å². The van der Waals surface area contributed by atoms with Gasteiger partial charge in [-0.2, -0.15) is 0 Å². The minimum Gasteiger partial charge on any atom is -0.455 e. The molecule has 21 heavy (non-hydrogen) atoms. The molecule has 6 heteroatoms. The maximum Gasteiger partial charge on any atom is 0.273 e. The first kappa shape index (κ1) is 14.9. The smallest absolute Gasteiger partial charge is 0.273 e.